The molecule has 0 spiro atoms. The second-order valence-corrected chi connectivity index (χ2v) is 5.23. The lowest BCUT2D eigenvalue weighted by Crippen LogP contribution is -2.02. The highest BCUT2D eigenvalue weighted by Crippen LogP contribution is 2.25. The van der Waals surface area contributed by atoms with Gasteiger partial charge in [-0.1, -0.05) is 41.9 Å². The van der Waals surface area contributed by atoms with Gasteiger partial charge in [0.15, 0.2) is 5.78 Å². The van der Waals surface area contributed by atoms with Crippen molar-refractivity contribution in [2.45, 2.75) is 0 Å². The minimum atomic E-state index is -0.313. The summed E-state index contributed by atoms with van der Waals surface area (Å²) in [5, 5.41) is 10.2. The van der Waals surface area contributed by atoms with Crippen LogP contribution in [0.3, 0.4) is 0 Å². The van der Waals surface area contributed by atoms with E-state index in [0.717, 1.165) is 11.3 Å². The summed E-state index contributed by atoms with van der Waals surface area (Å²) >= 11 is 5.87. The number of pyridine rings is 1. The second kappa shape index (κ2) is 6.00. The lowest BCUT2D eigenvalue weighted by Gasteiger charge is -2.05. The molecule has 0 radical (unpaired) electrons. The molecule has 3 rings (SSSR count). The minimum Gasteiger partial charge on any atom is -0.507 e. The van der Waals surface area contributed by atoms with Crippen LogP contribution >= 0.6 is 11.6 Å². The van der Waals surface area contributed by atoms with Crippen molar-refractivity contribution in [1.29, 1.82) is 0 Å². The van der Waals surface area contributed by atoms with E-state index in [4.69, 9.17) is 11.6 Å². The maximum absolute atomic E-state index is 12.4. The van der Waals surface area contributed by atoms with Crippen LogP contribution in [-0.4, -0.2) is 15.9 Å². The van der Waals surface area contributed by atoms with Gasteiger partial charge in [-0.2, -0.15) is 0 Å². The van der Waals surface area contributed by atoms with Crippen molar-refractivity contribution in [1.82, 2.24) is 4.98 Å². The molecule has 0 bridgehead atoms. The molecule has 0 saturated heterocycles. The van der Waals surface area contributed by atoms with Crippen LogP contribution in [0.15, 0.2) is 66.9 Å². The smallest absolute Gasteiger partial charge is 0.198 e. The van der Waals surface area contributed by atoms with Crippen LogP contribution in [0.5, 0.6) is 5.75 Å². The van der Waals surface area contributed by atoms with Crippen molar-refractivity contribution in [3.8, 4) is 17.0 Å². The monoisotopic (exact) mass is 309 g/mol. The summed E-state index contributed by atoms with van der Waals surface area (Å²) in [7, 11) is 0. The van der Waals surface area contributed by atoms with Gasteiger partial charge >= 0.3 is 0 Å². The zero-order valence-electron chi connectivity index (χ0n) is 11.5. The van der Waals surface area contributed by atoms with Crippen molar-refractivity contribution >= 4 is 17.4 Å². The molecule has 3 aromatic rings. The Labute approximate surface area is 132 Å². The van der Waals surface area contributed by atoms with Crippen molar-refractivity contribution in [3.05, 3.63) is 83.0 Å². The number of rotatable bonds is 3. The van der Waals surface area contributed by atoms with Crippen LogP contribution in [0.1, 0.15) is 15.9 Å². The molecule has 4 heteroatoms. The first-order valence-corrected chi connectivity index (χ1v) is 7.07. The fourth-order valence-electron chi connectivity index (χ4n) is 2.15. The Balaban J connectivity index is 1.93. The average Bonchev–Trinajstić information content (AvgIpc) is 2.57. The molecule has 0 aliphatic heterocycles. The number of carbonyl (C=O) groups is 1. The molecule has 3 nitrogen and oxygen atoms in total. The van der Waals surface area contributed by atoms with Gasteiger partial charge in [0.05, 0.1) is 11.3 Å². The summed E-state index contributed by atoms with van der Waals surface area (Å²) in [5.74, 6) is -0.409. The molecule has 0 amide bonds. The molecule has 0 saturated carbocycles. The normalized spacial score (nSPS) is 10.4. The van der Waals surface area contributed by atoms with E-state index < -0.39 is 0 Å². The van der Waals surface area contributed by atoms with E-state index in [2.05, 4.69) is 4.98 Å². The Morgan fingerprint density at radius 2 is 1.77 bits per heavy atom. The number of benzene rings is 2. The molecule has 1 N–H and O–H groups in total. The Kier molecular flexibility index (Phi) is 3.90. The zero-order chi connectivity index (χ0) is 15.5. The van der Waals surface area contributed by atoms with Gasteiger partial charge < -0.3 is 5.11 Å². The number of halogens is 1. The average molecular weight is 310 g/mol. The van der Waals surface area contributed by atoms with Crippen molar-refractivity contribution < 1.29 is 9.90 Å². The Hall–Kier alpha value is -2.65. The number of nitrogens with zero attached hydrogens (tertiary/aromatic N) is 1. The van der Waals surface area contributed by atoms with Crippen LogP contribution in [0.25, 0.3) is 11.3 Å². The van der Waals surface area contributed by atoms with Gasteiger partial charge in [0, 0.05) is 22.3 Å². The first-order valence-electron chi connectivity index (χ1n) is 6.70. The lowest BCUT2D eigenvalue weighted by molar-refractivity contribution is 0.103. The van der Waals surface area contributed by atoms with Crippen LogP contribution in [-0.2, 0) is 0 Å². The van der Waals surface area contributed by atoms with Crippen molar-refractivity contribution in [2.24, 2.45) is 0 Å². The topological polar surface area (TPSA) is 50.2 Å². The highest BCUT2D eigenvalue weighted by Gasteiger charge is 2.14. The van der Waals surface area contributed by atoms with Gasteiger partial charge in [0.1, 0.15) is 5.75 Å². The molecule has 0 unspecified atom stereocenters. The third-order valence-corrected chi connectivity index (χ3v) is 3.53. The fourth-order valence-corrected chi connectivity index (χ4v) is 2.33. The summed E-state index contributed by atoms with van der Waals surface area (Å²) in [6, 6.07) is 17.6. The summed E-state index contributed by atoms with van der Waals surface area (Å²) in [6.45, 7) is 0. The maximum Gasteiger partial charge on any atom is 0.198 e. The first-order chi connectivity index (χ1) is 10.6. The van der Waals surface area contributed by atoms with Gasteiger partial charge in [-0.25, -0.2) is 0 Å². The van der Waals surface area contributed by atoms with Crippen molar-refractivity contribution in [2.75, 3.05) is 0 Å². The number of phenolic OH excluding ortho intramolecular Hbond substituents is 1. The number of aromatic nitrogens is 1. The van der Waals surface area contributed by atoms with E-state index in [1.807, 2.05) is 30.3 Å². The molecule has 1 heterocycles. The Morgan fingerprint density at radius 3 is 2.45 bits per heavy atom. The molecule has 2 aromatic carbocycles. The van der Waals surface area contributed by atoms with Gasteiger partial charge in [-0.3, -0.25) is 9.78 Å². The van der Waals surface area contributed by atoms with E-state index in [0.29, 0.717) is 10.6 Å². The van der Waals surface area contributed by atoms with Crippen molar-refractivity contribution in [3.63, 3.8) is 0 Å². The number of hydrogen-bond acceptors (Lipinski definition) is 3. The quantitative estimate of drug-likeness (QED) is 0.732. The molecule has 0 aliphatic rings. The number of phenols is 1. The van der Waals surface area contributed by atoms with E-state index in [1.165, 1.54) is 24.4 Å². The van der Waals surface area contributed by atoms with Gasteiger partial charge in [0.25, 0.3) is 0 Å². The van der Waals surface area contributed by atoms with Gasteiger partial charge in [-0.05, 0) is 30.3 Å². The predicted octanol–water partition coefficient (Wildman–Crippen LogP) is 4.34. The summed E-state index contributed by atoms with van der Waals surface area (Å²) < 4.78 is 0. The molecule has 0 aliphatic carbocycles. The molecule has 0 fully saturated rings. The van der Waals surface area contributed by atoms with E-state index in [9.17, 15) is 9.90 Å². The Bertz CT molecular complexity index is 814. The molecular weight excluding hydrogens is 298 g/mol. The molecular formula is C18H12ClNO2. The third-order valence-electron chi connectivity index (χ3n) is 3.30. The summed E-state index contributed by atoms with van der Waals surface area (Å²) in [4.78, 5) is 16.7. The largest absolute Gasteiger partial charge is 0.507 e. The van der Waals surface area contributed by atoms with E-state index in [1.54, 1.807) is 12.1 Å². The maximum atomic E-state index is 12.4. The van der Waals surface area contributed by atoms with Crippen LogP contribution in [0.2, 0.25) is 5.02 Å². The highest BCUT2D eigenvalue weighted by molar-refractivity contribution is 6.31. The Morgan fingerprint density at radius 1 is 1.00 bits per heavy atom. The highest BCUT2D eigenvalue weighted by atomic mass is 35.5. The van der Waals surface area contributed by atoms with Crippen LogP contribution in [0, 0.1) is 0 Å². The standard InChI is InChI=1S/C18H12ClNO2/c19-14-7-9-17(21)15(10-14)18(22)13-6-8-16(20-11-13)12-4-2-1-3-5-12/h1-11,21H. The molecule has 22 heavy (non-hydrogen) atoms. The van der Waals surface area contributed by atoms with Gasteiger partial charge in [-0.15, -0.1) is 0 Å². The third kappa shape index (κ3) is 2.85. The predicted molar refractivity (Wildman–Crippen MR) is 86.2 cm³/mol. The lowest BCUT2D eigenvalue weighted by atomic mass is 10.0. The number of hydrogen-bond donors (Lipinski definition) is 1. The summed E-state index contributed by atoms with van der Waals surface area (Å²) in [5.41, 5.74) is 2.33. The van der Waals surface area contributed by atoms with E-state index >= 15 is 0 Å². The molecule has 0 atom stereocenters. The molecule has 1 aromatic heterocycles. The fraction of sp³-hybridized carbons (Fsp3) is 0. The summed E-state index contributed by atoms with van der Waals surface area (Å²) in [6.07, 6.45) is 1.50. The number of carbonyl (C=O) groups excluding carboxylic acids is 1. The first kappa shape index (κ1) is 14.3. The van der Waals surface area contributed by atoms with Crippen LogP contribution < -0.4 is 0 Å². The SMILES string of the molecule is O=C(c1ccc(-c2ccccc2)nc1)c1cc(Cl)ccc1O. The van der Waals surface area contributed by atoms with Crippen LogP contribution in [0.4, 0.5) is 0 Å². The zero-order valence-corrected chi connectivity index (χ0v) is 12.3. The number of aromatic hydroxyl groups is 1. The minimum absolute atomic E-state index is 0.0958. The second-order valence-electron chi connectivity index (χ2n) is 4.79. The van der Waals surface area contributed by atoms with E-state index in [-0.39, 0.29) is 17.1 Å². The number of ketones is 1. The van der Waals surface area contributed by atoms with Gasteiger partial charge in [0.2, 0.25) is 0 Å². The molecule has 108 valence electrons.